The Morgan fingerprint density at radius 3 is 2.74 bits per heavy atom. The predicted octanol–water partition coefficient (Wildman–Crippen LogP) is 0.829. The number of hydrogen-bond donors (Lipinski definition) is 3. The molecule has 1 aromatic carbocycles. The number of aromatic carboxylic acids is 1. The third-order valence-corrected chi connectivity index (χ3v) is 2.36. The summed E-state index contributed by atoms with van der Waals surface area (Å²) in [6.07, 6.45) is 1.55. The number of rotatable bonds is 6. The van der Waals surface area contributed by atoms with Gasteiger partial charge < -0.3 is 15.2 Å². The lowest BCUT2D eigenvalue weighted by atomic mass is 10.1. The molecule has 0 aliphatic rings. The van der Waals surface area contributed by atoms with Gasteiger partial charge in [0.25, 0.3) is 0 Å². The van der Waals surface area contributed by atoms with Gasteiger partial charge in [-0.2, -0.15) is 5.10 Å². The van der Waals surface area contributed by atoms with E-state index in [9.17, 15) is 4.79 Å². The largest absolute Gasteiger partial charge is 0.478 e. The summed E-state index contributed by atoms with van der Waals surface area (Å²) in [5.74, 6) is -0.954. The number of hydrogen-bond acceptors (Lipinski definition) is 4. The molecule has 0 radical (unpaired) electrons. The number of carbonyl (C=O) groups is 1. The van der Waals surface area contributed by atoms with Crippen molar-refractivity contribution in [3.8, 4) is 0 Å². The highest BCUT2D eigenvalue weighted by Gasteiger charge is 2.00. The average molecular weight is 281 g/mol. The molecule has 0 saturated heterocycles. The van der Waals surface area contributed by atoms with Gasteiger partial charge in [-0.1, -0.05) is 12.1 Å². The lowest BCUT2D eigenvalue weighted by molar-refractivity contribution is 0.0697. The van der Waals surface area contributed by atoms with Gasteiger partial charge in [-0.3, -0.25) is 5.43 Å². The lowest BCUT2D eigenvalue weighted by Crippen LogP contribution is -2.34. The van der Waals surface area contributed by atoms with E-state index in [2.05, 4.69) is 15.8 Å². The third-order valence-electron chi connectivity index (χ3n) is 2.13. The van der Waals surface area contributed by atoms with Crippen LogP contribution in [0.4, 0.5) is 0 Å². The molecule has 0 spiro atoms. The number of nitrogens with one attached hydrogen (secondary N) is 2. The zero-order chi connectivity index (χ0) is 14.1. The van der Waals surface area contributed by atoms with Crippen molar-refractivity contribution < 1.29 is 14.6 Å². The van der Waals surface area contributed by atoms with Gasteiger partial charge in [-0.05, 0) is 29.9 Å². The van der Waals surface area contributed by atoms with E-state index in [1.165, 1.54) is 12.1 Å². The Labute approximate surface area is 116 Å². The zero-order valence-corrected chi connectivity index (χ0v) is 11.2. The van der Waals surface area contributed by atoms with Gasteiger partial charge in [0, 0.05) is 13.7 Å². The Hall–Kier alpha value is -1.99. The molecule has 0 aliphatic carbocycles. The first-order chi connectivity index (χ1) is 9.13. The van der Waals surface area contributed by atoms with Crippen molar-refractivity contribution in [1.29, 1.82) is 0 Å². The molecule has 3 N–H and O–H groups in total. The van der Waals surface area contributed by atoms with Crippen LogP contribution in [0.3, 0.4) is 0 Å². The van der Waals surface area contributed by atoms with E-state index < -0.39 is 5.97 Å². The highest BCUT2D eigenvalue weighted by molar-refractivity contribution is 7.80. The molecule has 0 saturated carbocycles. The van der Waals surface area contributed by atoms with Crippen molar-refractivity contribution in [3.05, 3.63) is 35.4 Å². The number of carboxylic acid groups (broad SMARTS) is 1. The van der Waals surface area contributed by atoms with Crippen LogP contribution in [-0.2, 0) is 4.74 Å². The fourth-order valence-corrected chi connectivity index (χ4v) is 1.34. The molecule has 0 bridgehead atoms. The molecule has 1 rings (SSSR count). The second-order valence-electron chi connectivity index (χ2n) is 3.55. The van der Waals surface area contributed by atoms with Crippen LogP contribution in [0, 0.1) is 0 Å². The Morgan fingerprint density at radius 2 is 2.16 bits per heavy atom. The molecule has 1 aromatic rings. The summed E-state index contributed by atoms with van der Waals surface area (Å²) in [5, 5.41) is 16.0. The van der Waals surface area contributed by atoms with Gasteiger partial charge >= 0.3 is 5.97 Å². The van der Waals surface area contributed by atoms with Crippen LogP contribution >= 0.6 is 12.2 Å². The summed E-state index contributed by atoms with van der Waals surface area (Å²) in [7, 11) is 1.61. The molecule has 0 aromatic heterocycles. The summed E-state index contributed by atoms with van der Waals surface area (Å²) in [6, 6.07) is 6.35. The third kappa shape index (κ3) is 5.94. The highest BCUT2D eigenvalue weighted by Crippen LogP contribution is 2.01. The molecule has 0 aliphatic heterocycles. The highest BCUT2D eigenvalue weighted by atomic mass is 32.1. The molecule has 0 amide bonds. The van der Waals surface area contributed by atoms with E-state index in [1.807, 2.05) is 0 Å². The number of hydrazone groups is 1. The lowest BCUT2D eigenvalue weighted by Gasteiger charge is -2.05. The van der Waals surface area contributed by atoms with Crippen molar-refractivity contribution in [1.82, 2.24) is 10.7 Å². The van der Waals surface area contributed by atoms with Crippen LogP contribution in [0.2, 0.25) is 0 Å². The first-order valence-corrected chi connectivity index (χ1v) is 5.93. The molecule has 0 fully saturated rings. The van der Waals surface area contributed by atoms with E-state index in [0.29, 0.717) is 18.3 Å². The summed E-state index contributed by atoms with van der Waals surface area (Å²) >= 11 is 4.97. The van der Waals surface area contributed by atoms with Crippen LogP contribution in [0.1, 0.15) is 15.9 Å². The normalized spacial score (nSPS) is 10.4. The number of thiocarbonyl (C=S) groups is 1. The minimum Gasteiger partial charge on any atom is -0.478 e. The molecule has 102 valence electrons. The Morgan fingerprint density at radius 1 is 1.47 bits per heavy atom. The zero-order valence-electron chi connectivity index (χ0n) is 10.4. The minimum atomic E-state index is -0.954. The first kappa shape index (κ1) is 15.1. The Balaban J connectivity index is 2.40. The van der Waals surface area contributed by atoms with Crippen LogP contribution in [0.5, 0.6) is 0 Å². The SMILES string of the molecule is COCCNC(=S)N/N=C\c1ccc(C(=O)O)cc1. The second-order valence-corrected chi connectivity index (χ2v) is 3.95. The number of methoxy groups -OCH3 is 1. The van der Waals surface area contributed by atoms with E-state index in [1.54, 1.807) is 25.5 Å². The first-order valence-electron chi connectivity index (χ1n) is 5.52. The van der Waals surface area contributed by atoms with Crippen molar-refractivity contribution in [2.75, 3.05) is 20.3 Å². The maximum atomic E-state index is 10.7. The number of benzene rings is 1. The Bertz CT molecular complexity index is 460. The molecule has 0 atom stereocenters. The second kappa shape index (κ2) is 8.17. The van der Waals surface area contributed by atoms with Crippen LogP contribution in [0.25, 0.3) is 0 Å². The number of ether oxygens (including phenoxy) is 1. The maximum absolute atomic E-state index is 10.7. The molecule has 19 heavy (non-hydrogen) atoms. The minimum absolute atomic E-state index is 0.238. The van der Waals surface area contributed by atoms with Crippen molar-refractivity contribution >= 4 is 29.5 Å². The van der Waals surface area contributed by atoms with E-state index in [0.717, 1.165) is 5.56 Å². The number of nitrogens with zero attached hydrogens (tertiary/aromatic N) is 1. The monoisotopic (exact) mass is 281 g/mol. The number of carboxylic acids is 1. The predicted molar refractivity (Wildman–Crippen MR) is 76.6 cm³/mol. The van der Waals surface area contributed by atoms with E-state index >= 15 is 0 Å². The molecule has 0 unspecified atom stereocenters. The average Bonchev–Trinajstić information content (AvgIpc) is 2.39. The van der Waals surface area contributed by atoms with Gasteiger partial charge in [-0.15, -0.1) is 0 Å². The van der Waals surface area contributed by atoms with E-state index in [-0.39, 0.29) is 5.56 Å². The summed E-state index contributed by atoms with van der Waals surface area (Å²) < 4.78 is 4.86. The standard InChI is InChI=1S/C12H15N3O3S/c1-18-7-6-13-12(19)15-14-8-9-2-4-10(5-3-9)11(16)17/h2-5,8H,6-7H2,1H3,(H,16,17)(H2,13,15,19)/b14-8-. The van der Waals surface area contributed by atoms with Crippen LogP contribution in [0.15, 0.2) is 29.4 Å². The van der Waals surface area contributed by atoms with Crippen molar-refractivity contribution in [3.63, 3.8) is 0 Å². The topological polar surface area (TPSA) is 83.0 Å². The smallest absolute Gasteiger partial charge is 0.335 e. The summed E-state index contributed by atoms with van der Waals surface area (Å²) in [4.78, 5) is 10.7. The molecular weight excluding hydrogens is 266 g/mol. The van der Waals surface area contributed by atoms with Gasteiger partial charge in [0.15, 0.2) is 5.11 Å². The van der Waals surface area contributed by atoms with Crippen molar-refractivity contribution in [2.45, 2.75) is 0 Å². The summed E-state index contributed by atoms with van der Waals surface area (Å²) in [5.41, 5.74) is 3.66. The Kier molecular flexibility index (Phi) is 6.48. The fraction of sp³-hybridized carbons (Fsp3) is 0.250. The summed E-state index contributed by atoms with van der Waals surface area (Å²) in [6.45, 7) is 1.16. The van der Waals surface area contributed by atoms with Crippen LogP contribution < -0.4 is 10.7 Å². The van der Waals surface area contributed by atoms with Gasteiger partial charge in [0.2, 0.25) is 0 Å². The fourth-order valence-electron chi connectivity index (χ4n) is 1.18. The van der Waals surface area contributed by atoms with Gasteiger partial charge in [-0.25, -0.2) is 4.79 Å². The van der Waals surface area contributed by atoms with Gasteiger partial charge in [0.1, 0.15) is 0 Å². The van der Waals surface area contributed by atoms with Crippen LogP contribution in [-0.4, -0.2) is 42.7 Å². The molecular formula is C12H15N3O3S. The van der Waals surface area contributed by atoms with Crippen molar-refractivity contribution in [2.24, 2.45) is 5.10 Å². The maximum Gasteiger partial charge on any atom is 0.335 e. The van der Waals surface area contributed by atoms with Gasteiger partial charge in [0.05, 0.1) is 18.4 Å². The molecule has 0 heterocycles. The molecule has 7 heteroatoms. The molecule has 6 nitrogen and oxygen atoms in total. The van der Waals surface area contributed by atoms with E-state index in [4.69, 9.17) is 22.1 Å². The quantitative estimate of drug-likeness (QED) is 0.310.